The second-order valence-electron chi connectivity index (χ2n) is 3.25. The second-order valence-corrected chi connectivity index (χ2v) is 3.25. The lowest BCUT2D eigenvalue weighted by molar-refractivity contribution is 0.451. The Kier molecular flexibility index (Phi) is 1.87. The highest BCUT2D eigenvalue weighted by atomic mass is 16.5. The molecule has 0 unspecified atom stereocenters. The summed E-state index contributed by atoms with van der Waals surface area (Å²) in [5.41, 5.74) is -0.175. The van der Waals surface area contributed by atoms with Gasteiger partial charge in [-0.3, -0.25) is 0 Å². The van der Waals surface area contributed by atoms with Gasteiger partial charge in [0.1, 0.15) is 5.69 Å². The van der Waals surface area contributed by atoms with Gasteiger partial charge in [-0.25, -0.2) is 9.78 Å². The molecule has 0 fully saturated rings. The molecule has 2 aromatic rings. The molecule has 1 N–H and O–H groups in total. The van der Waals surface area contributed by atoms with Gasteiger partial charge in [-0.1, -0.05) is 0 Å². The van der Waals surface area contributed by atoms with Gasteiger partial charge in [-0.15, -0.1) is 9.58 Å². The molecule has 0 saturated carbocycles. The third-order valence-corrected chi connectivity index (χ3v) is 2.20. The van der Waals surface area contributed by atoms with Gasteiger partial charge in [0.15, 0.2) is 11.6 Å². The molecule has 0 amide bonds. The highest BCUT2D eigenvalue weighted by Crippen LogP contribution is 2.37. The van der Waals surface area contributed by atoms with E-state index in [9.17, 15) is 9.70 Å². The summed E-state index contributed by atoms with van der Waals surface area (Å²) in [4.78, 5) is 29.2. The van der Waals surface area contributed by atoms with E-state index in [1.807, 2.05) is 0 Å². The molecule has 0 atom stereocenters. The zero-order chi connectivity index (χ0) is 11.8. The van der Waals surface area contributed by atoms with Gasteiger partial charge in [0, 0.05) is 6.20 Å². The first-order chi connectivity index (χ1) is 8.28. The number of aromatic nitrogens is 3. The molecule has 3 rings (SSSR count). The van der Waals surface area contributed by atoms with Crippen molar-refractivity contribution < 1.29 is 4.74 Å². The van der Waals surface area contributed by atoms with Crippen molar-refractivity contribution in [1.29, 1.82) is 0 Å². The van der Waals surface area contributed by atoms with Crippen LogP contribution >= 0.6 is 0 Å². The van der Waals surface area contributed by atoms with E-state index in [0.717, 1.165) is 6.20 Å². The lowest BCUT2D eigenvalue weighted by Crippen LogP contribution is -2.21. The number of pyridine rings is 1. The molecule has 0 aromatic carbocycles. The van der Waals surface area contributed by atoms with Gasteiger partial charge < -0.3 is 10.1 Å². The maximum Gasteiger partial charge on any atom is 0.373 e. The summed E-state index contributed by atoms with van der Waals surface area (Å²) < 4.78 is 5.93. The van der Waals surface area contributed by atoms with Crippen LogP contribution in [0.2, 0.25) is 0 Å². The molecule has 8 heteroatoms. The van der Waals surface area contributed by atoms with Crippen LogP contribution in [0, 0.1) is 4.91 Å². The summed E-state index contributed by atoms with van der Waals surface area (Å²) >= 11 is 0. The zero-order valence-electron chi connectivity index (χ0n) is 8.32. The fraction of sp³-hybridized carbons (Fsp3) is 0. The third kappa shape index (κ3) is 1.42. The molecule has 8 nitrogen and oxygen atoms in total. The van der Waals surface area contributed by atoms with Crippen molar-refractivity contribution in [3.63, 3.8) is 0 Å². The van der Waals surface area contributed by atoms with Gasteiger partial charge in [-0.2, -0.15) is 4.98 Å². The number of anilines is 2. The van der Waals surface area contributed by atoms with Crippen molar-refractivity contribution in [1.82, 2.24) is 14.6 Å². The van der Waals surface area contributed by atoms with E-state index >= 15 is 0 Å². The predicted molar refractivity (Wildman–Crippen MR) is 57.3 cm³/mol. The molecular weight excluding hydrogens is 226 g/mol. The van der Waals surface area contributed by atoms with Gasteiger partial charge in [0.25, 0.3) is 0 Å². The van der Waals surface area contributed by atoms with E-state index in [4.69, 9.17) is 4.74 Å². The fourth-order valence-electron chi connectivity index (χ4n) is 1.45. The van der Waals surface area contributed by atoms with Crippen LogP contribution in [0.4, 0.5) is 11.5 Å². The van der Waals surface area contributed by atoms with Gasteiger partial charge >= 0.3 is 5.69 Å². The molecule has 0 spiro atoms. The summed E-state index contributed by atoms with van der Waals surface area (Å²) in [6.45, 7) is 0. The first-order valence-electron chi connectivity index (χ1n) is 4.65. The van der Waals surface area contributed by atoms with Crippen molar-refractivity contribution in [3.8, 4) is 11.6 Å². The molecule has 1 aliphatic heterocycles. The minimum absolute atomic E-state index is 0.218. The predicted octanol–water partition coefficient (Wildman–Crippen LogP) is 1.02. The first kappa shape index (κ1) is 9.46. The molecular formula is C9H5N5O3. The van der Waals surface area contributed by atoms with Crippen LogP contribution in [-0.4, -0.2) is 14.6 Å². The molecule has 0 bridgehead atoms. The van der Waals surface area contributed by atoms with Crippen LogP contribution in [0.15, 0.2) is 34.6 Å². The number of hydrogen-bond donors (Lipinski definition) is 1. The number of nitrogens with zero attached hydrogens (tertiary/aromatic N) is 4. The van der Waals surface area contributed by atoms with E-state index in [1.165, 1.54) is 0 Å². The second kappa shape index (κ2) is 3.37. The van der Waals surface area contributed by atoms with Crippen molar-refractivity contribution in [2.24, 2.45) is 5.29 Å². The Bertz CT molecular complexity index is 666. The van der Waals surface area contributed by atoms with Crippen molar-refractivity contribution >= 4 is 11.5 Å². The lowest BCUT2D eigenvalue weighted by Gasteiger charge is -2.18. The number of nitroso groups, excluding NO2 is 1. The van der Waals surface area contributed by atoms with Crippen molar-refractivity contribution in [2.75, 3.05) is 5.32 Å². The molecule has 17 heavy (non-hydrogen) atoms. The summed E-state index contributed by atoms with van der Waals surface area (Å²) in [6.07, 6.45) is 2.72. The Morgan fingerprint density at radius 2 is 2.35 bits per heavy atom. The standard InChI is InChI=1S/C9H5N5O3/c15-9-12-7-6(4-14(9)13-16)17-8-5(11-7)2-1-3-10-8/h1-4H,(H,11,12,15). The Morgan fingerprint density at radius 1 is 1.47 bits per heavy atom. The van der Waals surface area contributed by atoms with Crippen LogP contribution in [0.1, 0.15) is 0 Å². The molecule has 84 valence electrons. The third-order valence-electron chi connectivity index (χ3n) is 2.20. The number of fused-ring (bicyclic) bond motifs is 2. The Labute approximate surface area is 93.8 Å². The molecule has 0 saturated heterocycles. The first-order valence-corrected chi connectivity index (χ1v) is 4.65. The fourth-order valence-corrected chi connectivity index (χ4v) is 1.45. The quantitative estimate of drug-likeness (QED) is 0.627. The number of nitrogens with one attached hydrogen (secondary N) is 1. The molecule has 0 aliphatic carbocycles. The van der Waals surface area contributed by atoms with E-state index in [1.54, 1.807) is 18.3 Å². The van der Waals surface area contributed by atoms with Crippen LogP contribution in [-0.2, 0) is 0 Å². The van der Waals surface area contributed by atoms with Crippen LogP contribution in [0.5, 0.6) is 11.6 Å². The monoisotopic (exact) mass is 231 g/mol. The zero-order valence-corrected chi connectivity index (χ0v) is 8.32. The highest BCUT2D eigenvalue weighted by Gasteiger charge is 2.20. The molecule has 2 aromatic heterocycles. The SMILES string of the molecule is O=Nn1cc2c(nc1=O)Nc1cccnc1O2. The average Bonchev–Trinajstić information content (AvgIpc) is 2.35. The molecule has 0 radical (unpaired) electrons. The van der Waals surface area contributed by atoms with Crippen LogP contribution in [0.25, 0.3) is 0 Å². The lowest BCUT2D eigenvalue weighted by atomic mass is 10.3. The van der Waals surface area contributed by atoms with Gasteiger partial charge in [0.05, 0.1) is 11.5 Å². The average molecular weight is 231 g/mol. The Morgan fingerprint density at radius 3 is 3.18 bits per heavy atom. The van der Waals surface area contributed by atoms with E-state index in [2.05, 4.69) is 20.6 Å². The minimum Gasteiger partial charge on any atom is -0.431 e. The number of ether oxygens (including phenoxy) is 1. The number of rotatable bonds is 1. The molecule has 3 heterocycles. The smallest absolute Gasteiger partial charge is 0.373 e. The van der Waals surface area contributed by atoms with Crippen LogP contribution in [0.3, 0.4) is 0 Å². The van der Waals surface area contributed by atoms with E-state index in [0.29, 0.717) is 16.2 Å². The normalized spacial score (nSPS) is 11.8. The number of hydrogen-bond acceptors (Lipinski definition) is 7. The van der Waals surface area contributed by atoms with Crippen LogP contribution < -0.4 is 15.7 Å². The van der Waals surface area contributed by atoms with Crippen molar-refractivity contribution in [2.45, 2.75) is 0 Å². The van der Waals surface area contributed by atoms with Crippen molar-refractivity contribution in [3.05, 3.63) is 39.9 Å². The summed E-state index contributed by atoms with van der Waals surface area (Å²) in [6, 6.07) is 3.45. The largest absolute Gasteiger partial charge is 0.431 e. The summed E-state index contributed by atoms with van der Waals surface area (Å²) in [5.74, 6) is 0.795. The Balaban J connectivity index is 2.15. The van der Waals surface area contributed by atoms with Gasteiger partial charge in [0.2, 0.25) is 5.88 Å². The summed E-state index contributed by atoms with van der Waals surface area (Å²) in [5, 5.41) is 5.37. The summed E-state index contributed by atoms with van der Waals surface area (Å²) in [7, 11) is 0. The van der Waals surface area contributed by atoms with Gasteiger partial charge in [-0.05, 0) is 12.1 Å². The minimum atomic E-state index is -0.776. The Hall–Kier alpha value is -2.77. The highest BCUT2D eigenvalue weighted by molar-refractivity contribution is 5.70. The maximum atomic E-state index is 11.3. The van der Waals surface area contributed by atoms with E-state index in [-0.39, 0.29) is 11.6 Å². The maximum absolute atomic E-state index is 11.3. The topological polar surface area (TPSA) is 98.5 Å². The van der Waals surface area contributed by atoms with E-state index < -0.39 is 5.69 Å². The molecule has 1 aliphatic rings.